The van der Waals surface area contributed by atoms with Gasteiger partial charge in [-0.1, -0.05) is 34.6 Å². The molecule has 2 aliphatic rings. The third-order valence-electron chi connectivity index (χ3n) is 4.70. The fourth-order valence-electron chi connectivity index (χ4n) is 4.25. The average molecular weight is 224 g/mol. The second-order valence-corrected chi connectivity index (χ2v) is 6.32. The number of carbonyl (C=O) groups excluding carboxylic acids is 1. The van der Waals surface area contributed by atoms with Gasteiger partial charge in [0, 0.05) is 5.92 Å². The van der Waals surface area contributed by atoms with Crippen molar-refractivity contribution >= 4 is 5.97 Å². The summed E-state index contributed by atoms with van der Waals surface area (Å²) < 4.78 is 5.57. The van der Waals surface area contributed by atoms with Crippen LogP contribution in [-0.4, -0.2) is 12.1 Å². The lowest BCUT2D eigenvalue weighted by atomic mass is 9.61. The molecule has 0 radical (unpaired) electrons. The molecule has 0 aromatic heterocycles. The van der Waals surface area contributed by atoms with Gasteiger partial charge in [-0.3, -0.25) is 4.79 Å². The van der Waals surface area contributed by atoms with Crippen LogP contribution in [0.1, 0.15) is 41.0 Å². The van der Waals surface area contributed by atoms with E-state index in [2.05, 4.69) is 34.6 Å². The Hall–Kier alpha value is -0.530. The van der Waals surface area contributed by atoms with Crippen LogP contribution in [0.15, 0.2) is 0 Å². The molecule has 16 heavy (non-hydrogen) atoms. The van der Waals surface area contributed by atoms with Gasteiger partial charge in [0.05, 0.1) is 5.92 Å². The molecule has 0 aromatic rings. The van der Waals surface area contributed by atoms with E-state index >= 15 is 0 Å². The maximum Gasteiger partial charge on any atom is 0.309 e. The van der Waals surface area contributed by atoms with Crippen molar-refractivity contribution < 1.29 is 9.53 Å². The largest absolute Gasteiger partial charge is 0.462 e. The fourth-order valence-corrected chi connectivity index (χ4v) is 4.25. The van der Waals surface area contributed by atoms with Crippen molar-refractivity contribution in [2.45, 2.75) is 47.1 Å². The van der Waals surface area contributed by atoms with E-state index in [1.807, 2.05) is 0 Å². The Balaban J connectivity index is 2.29. The van der Waals surface area contributed by atoms with Crippen molar-refractivity contribution in [3.05, 3.63) is 0 Å². The third-order valence-corrected chi connectivity index (χ3v) is 4.70. The van der Waals surface area contributed by atoms with Crippen molar-refractivity contribution in [1.29, 1.82) is 0 Å². The molecule has 5 atom stereocenters. The monoisotopic (exact) mass is 224 g/mol. The summed E-state index contributed by atoms with van der Waals surface area (Å²) in [6, 6.07) is 0. The van der Waals surface area contributed by atoms with Gasteiger partial charge < -0.3 is 4.74 Å². The van der Waals surface area contributed by atoms with Crippen LogP contribution in [0, 0.1) is 35.5 Å². The quantitative estimate of drug-likeness (QED) is 0.674. The zero-order chi connectivity index (χ0) is 12.0. The predicted octanol–water partition coefficient (Wildman–Crippen LogP) is 3.11. The number of carbonyl (C=O) groups is 1. The minimum atomic E-state index is 0.0682. The van der Waals surface area contributed by atoms with Crippen LogP contribution in [0.2, 0.25) is 0 Å². The Morgan fingerprint density at radius 1 is 1.12 bits per heavy atom. The van der Waals surface area contributed by atoms with Crippen LogP contribution in [-0.2, 0) is 9.53 Å². The lowest BCUT2D eigenvalue weighted by molar-refractivity contribution is -0.145. The molecule has 1 saturated carbocycles. The van der Waals surface area contributed by atoms with Gasteiger partial charge in [-0.05, 0) is 30.1 Å². The zero-order valence-electron chi connectivity index (χ0n) is 11.1. The Morgan fingerprint density at radius 2 is 1.69 bits per heavy atom. The van der Waals surface area contributed by atoms with Gasteiger partial charge >= 0.3 is 5.97 Å². The van der Waals surface area contributed by atoms with Gasteiger partial charge in [-0.15, -0.1) is 0 Å². The first-order valence-corrected chi connectivity index (χ1v) is 6.64. The number of ether oxygens (including phenoxy) is 1. The van der Waals surface area contributed by atoms with Crippen molar-refractivity contribution in [2.75, 3.05) is 0 Å². The van der Waals surface area contributed by atoms with Gasteiger partial charge in [-0.25, -0.2) is 0 Å². The smallest absolute Gasteiger partial charge is 0.309 e. The maximum absolute atomic E-state index is 11.9. The van der Waals surface area contributed by atoms with E-state index in [1.54, 1.807) is 0 Å². The van der Waals surface area contributed by atoms with Gasteiger partial charge in [0.15, 0.2) is 0 Å². The summed E-state index contributed by atoms with van der Waals surface area (Å²) in [5, 5.41) is 0. The second-order valence-electron chi connectivity index (χ2n) is 6.32. The molecule has 0 amide bonds. The van der Waals surface area contributed by atoms with Crippen LogP contribution in [0.25, 0.3) is 0 Å². The normalized spacial score (nSPS) is 42.9. The highest BCUT2D eigenvalue weighted by molar-refractivity contribution is 5.75. The molecule has 1 aliphatic heterocycles. The Morgan fingerprint density at radius 3 is 2.19 bits per heavy atom. The third kappa shape index (κ3) is 1.66. The summed E-state index contributed by atoms with van der Waals surface area (Å²) in [5.41, 5.74) is 0. The van der Waals surface area contributed by atoms with Crippen molar-refractivity contribution in [2.24, 2.45) is 35.5 Å². The molecule has 2 heteroatoms. The maximum atomic E-state index is 11.9. The predicted molar refractivity (Wildman–Crippen MR) is 63.8 cm³/mol. The van der Waals surface area contributed by atoms with Crippen molar-refractivity contribution in [3.63, 3.8) is 0 Å². The Kier molecular flexibility index (Phi) is 3.02. The molecule has 92 valence electrons. The Bertz CT molecular complexity index is 282. The van der Waals surface area contributed by atoms with Crippen molar-refractivity contribution in [1.82, 2.24) is 0 Å². The fraction of sp³-hybridized carbons (Fsp3) is 0.929. The molecule has 2 fully saturated rings. The lowest BCUT2D eigenvalue weighted by Gasteiger charge is -2.42. The molecule has 0 aromatic carbocycles. The molecule has 1 aliphatic carbocycles. The van der Waals surface area contributed by atoms with Crippen molar-refractivity contribution in [3.8, 4) is 0 Å². The standard InChI is InChI=1S/C14H24O2/c1-7(2)12-9(5)13(8(3)4)11-6-10(12)14(15)16-11/h7-13H,6H2,1-5H3. The van der Waals surface area contributed by atoms with Crippen LogP contribution in [0.5, 0.6) is 0 Å². The average Bonchev–Trinajstić information content (AvgIpc) is 2.43. The van der Waals surface area contributed by atoms with Crippen LogP contribution in [0.4, 0.5) is 0 Å². The molecule has 1 heterocycles. The van der Waals surface area contributed by atoms with E-state index in [-0.39, 0.29) is 18.0 Å². The molecular weight excluding hydrogens is 200 g/mol. The minimum Gasteiger partial charge on any atom is -0.462 e. The highest BCUT2D eigenvalue weighted by Gasteiger charge is 2.53. The molecule has 2 nitrogen and oxygen atoms in total. The van der Waals surface area contributed by atoms with Crippen LogP contribution >= 0.6 is 0 Å². The number of esters is 1. The molecule has 5 unspecified atom stereocenters. The minimum absolute atomic E-state index is 0.0682. The molecule has 2 bridgehead atoms. The second kappa shape index (κ2) is 4.05. The van der Waals surface area contributed by atoms with E-state index in [4.69, 9.17) is 4.74 Å². The van der Waals surface area contributed by atoms with E-state index in [0.29, 0.717) is 29.6 Å². The van der Waals surface area contributed by atoms with E-state index in [9.17, 15) is 4.79 Å². The van der Waals surface area contributed by atoms with Gasteiger partial charge in [0.2, 0.25) is 0 Å². The van der Waals surface area contributed by atoms with E-state index in [1.165, 1.54) is 0 Å². The van der Waals surface area contributed by atoms with E-state index in [0.717, 1.165) is 6.42 Å². The lowest BCUT2D eigenvalue weighted by Crippen LogP contribution is -2.42. The Labute approximate surface area is 98.7 Å². The first kappa shape index (κ1) is 11.9. The molecule has 0 N–H and O–H groups in total. The number of hydrogen-bond acceptors (Lipinski definition) is 2. The zero-order valence-corrected chi connectivity index (χ0v) is 11.1. The summed E-state index contributed by atoms with van der Waals surface area (Å²) >= 11 is 0. The van der Waals surface area contributed by atoms with Gasteiger partial charge in [-0.2, -0.15) is 0 Å². The molecule has 1 saturated heterocycles. The number of rotatable bonds is 2. The van der Waals surface area contributed by atoms with Gasteiger partial charge in [0.1, 0.15) is 6.10 Å². The molecular formula is C14H24O2. The van der Waals surface area contributed by atoms with E-state index < -0.39 is 0 Å². The van der Waals surface area contributed by atoms with Crippen LogP contribution < -0.4 is 0 Å². The number of fused-ring (bicyclic) bond motifs is 2. The van der Waals surface area contributed by atoms with Gasteiger partial charge in [0.25, 0.3) is 0 Å². The molecule has 0 spiro atoms. The number of hydrogen-bond donors (Lipinski definition) is 0. The first-order valence-electron chi connectivity index (χ1n) is 6.64. The van der Waals surface area contributed by atoms with Crippen LogP contribution in [0.3, 0.4) is 0 Å². The topological polar surface area (TPSA) is 26.3 Å². The first-order chi connectivity index (χ1) is 7.43. The summed E-state index contributed by atoms with van der Waals surface area (Å²) in [6.45, 7) is 11.3. The summed E-state index contributed by atoms with van der Waals surface area (Å²) in [6.07, 6.45) is 1.16. The summed E-state index contributed by atoms with van der Waals surface area (Å²) in [7, 11) is 0. The molecule has 2 rings (SSSR count). The summed E-state index contributed by atoms with van der Waals surface area (Å²) in [4.78, 5) is 11.9. The highest BCUT2D eigenvalue weighted by Crippen LogP contribution is 2.50. The SMILES string of the molecule is CC(C)C1C2CC(C(=O)O2)C(C(C)C)C1C. The highest BCUT2D eigenvalue weighted by atomic mass is 16.6. The summed E-state index contributed by atoms with van der Waals surface area (Å²) in [5.74, 6) is 3.10.